The van der Waals surface area contributed by atoms with E-state index >= 15 is 0 Å². The molecule has 0 aliphatic rings. The van der Waals surface area contributed by atoms with Crippen LogP contribution in [0, 0.1) is 0 Å². The van der Waals surface area contributed by atoms with Crippen LogP contribution in [0.4, 0.5) is 28.4 Å². The number of fused-ring (bicyclic) bond motifs is 2. The first-order valence-corrected chi connectivity index (χ1v) is 27.8. The van der Waals surface area contributed by atoms with Gasteiger partial charge in [0.15, 0.2) is 31.2 Å². The number of methoxy groups -OCH3 is 1. The highest BCUT2D eigenvalue weighted by Crippen LogP contribution is 2.48. The molecule has 5 aromatic carbocycles. The highest BCUT2D eigenvalue weighted by Gasteiger charge is 2.29. The number of phenols is 1. The van der Waals surface area contributed by atoms with Crippen LogP contribution in [0.2, 0.25) is 0 Å². The fourth-order valence-corrected chi connectivity index (χ4v) is 11.2. The van der Waals surface area contributed by atoms with Crippen molar-refractivity contribution in [2.24, 2.45) is 20.5 Å². The minimum absolute atomic E-state index is 0.0361. The van der Waals surface area contributed by atoms with Crippen molar-refractivity contribution in [3.8, 4) is 11.5 Å². The Hall–Kier alpha value is -5.41. The maximum Gasteiger partial charge on any atom is 0.397 e. The summed E-state index contributed by atoms with van der Waals surface area (Å²) in [5.74, 6) is -3.88. The zero-order chi connectivity index (χ0) is 50.3. The van der Waals surface area contributed by atoms with E-state index in [1.54, 1.807) is 0 Å². The Bertz CT molecular complexity index is 3730. The van der Waals surface area contributed by atoms with Gasteiger partial charge < -0.3 is 15.2 Å². The average molecular weight is 1080 g/mol. The Labute approximate surface area is 379 Å². The van der Waals surface area contributed by atoms with Gasteiger partial charge >= 0.3 is 20.8 Å². The predicted molar refractivity (Wildman–Crippen MR) is 229 cm³/mol. The highest BCUT2D eigenvalue weighted by atomic mass is 32.3. The molecule has 67 heavy (non-hydrogen) atoms. The molecular formula is C32H31N5O23S7. The number of hydrogen-bond donors (Lipinski definition) is 7. The number of benzene rings is 5. The quantitative estimate of drug-likeness (QED) is 0.0459. The lowest BCUT2D eigenvalue weighted by Crippen LogP contribution is -2.16. The van der Waals surface area contributed by atoms with E-state index in [-0.39, 0.29) is 27.5 Å². The first kappa shape index (κ1) is 52.6. The molecule has 0 aliphatic carbocycles. The van der Waals surface area contributed by atoms with E-state index in [0.29, 0.717) is 12.1 Å². The van der Waals surface area contributed by atoms with Crippen LogP contribution >= 0.6 is 0 Å². The maximum absolute atomic E-state index is 13.4. The van der Waals surface area contributed by atoms with Crippen molar-refractivity contribution in [1.82, 2.24) is 0 Å². The molecule has 35 heteroatoms. The third-order valence-electron chi connectivity index (χ3n) is 8.83. The topological polar surface area (TPSA) is 450 Å². The first-order chi connectivity index (χ1) is 30.7. The second kappa shape index (κ2) is 18.9. The van der Waals surface area contributed by atoms with E-state index in [4.69, 9.17) is 13.8 Å². The van der Waals surface area contributed by atoms with Gasteiger partial charge in [0.1, 0.15) is 32.5 Å². The monoisotopic (exact) mass is 1080 g/mol. The molecule has 5 rings (SSSR count). The van der Waals surface area contributed by atoms with Crippen LogP contribution in [-0.2, 0) is 79.2 Å². The molecule has 7 N–H and O–H groups in total. The number of hydrogen-bond acceptors (Lipinski definition) is 23. The fraction of sp³-hybridized carbons (Fsp3) is 0.188. The Morgan fingerprint density at radius 3 is 1.61 bits per heavy atom. The summed E-state index contributed by atoms with van der Waals surface area (Å²) in [5, 5.41) is 28.2. The van der Waals surface area contributed by atoms with Crippen molar-refractivity contribution >= 4 is 121 Å². The number of aromatic hydroxyl groups is 1. The first-order valence-electron chi connectivity index (χ1n) is 17.4. The number of azo groups is 2. The van der Waals surface area contributed by atoms with Gasteiger partial charge in [0.25, 0.3) is 30.4 Å². The Balaban J connectivity index is 1.69. The van der Waals surface area contributed by atoms with Crippen molar-refractivity contribution in [3.05, 3.63) is 60.7 Å². The van der Waals surface area contributed by atoms with E-state index in [2.05, 4.69) is 34.1 Å². The molecule has 28 nitrogen and oxygen atoms in total. The standard InChI is InChI=1S/C32H31N5O23S7/c1-33-23-8-5-20-21(29(23)36-34-22-7-4-18(14-25(22)64(46,47)48)61(39,40)11-9-59-66(52,53)54)16-27(65(49,50)51)30(32(20)58-2)37-35-24-6-3-17-13-19(63(43,44)45)15-26(28(17)31(24)38)62(41,42)12-10-60-67(55,56)57/h3-8,13-16,33,38H,9-12H2,1-2H3,(H,43,44,45)(H,46,47,48)(H,49,50,51)(H,52,53,54)(H,55,56,57). The van der Waals surface area contributed by atoms with Crippen LogP contribution in [0.5, 0.6) is 11.5 Å². The molecule has 0 unspecified atom stereocenters. The summed E-state index contributed by atoms with van der Waals surface area (Å²) in [6.07, 6.45) is 0. The number of anilines is 1. The minimum atomic E-state index is -5.38. The summed E-state index contributed by atoms with van der Waals surface area (Å²) in [5.41, 5.74) is -2.41. The molecule has 0 saturated carbocycles. The van der Waals surface area contributed by atoms with Gasteiger partial charge in [-0.25, -0.2) is 25.2 Å². The zero-order valence-electron chi connectivity index (χ0n) is 33.4. The van der Waals surface area contributed by atoms with Gasteiger partial charge in [0.2, 0.25) is 0 Å². The predicted octanol–water partition coefficient (Wildman–Crippen LogP) is 3.51. The summed E-state index contributed by atoms with van der Waals surface area (Å²) >= 11 is 0. The van der Waals surface area contributed by atoms with Crippen LogP contribution in [-0.4, -0.2) is 126 Å². The smallest absolute Gasteiger partial charge is 0.397 e. The van der Waals surface area contributed by atoms with Gasteiger partial charge in [-0.2, -0.15) is 42.1 Å². The molecule has 0 spiro atoms. The van der Waals surface area contributed by atoms with Gasteiger partial charge in [-0.3, -0.25) is 22.8 Å². The molecule has 0 aliphatic heterocycles. The van der Waals surface area contributed by atoms with Crippen LogP contribution < -0.4 is 10.1 Å². The number of nitrogens with zero attached hydrogens (tertiary/aromatic N) is 4. The summed E-state index contributed by atoms with van der Waals surface area (Å²) in [6.45, 7) is -2.29. The van der Waals surface area contributed by atoms with Crippen LogP contribution in [0.25, 0.3) is 21.5 Å². The lowest BCUT2D eigenvalue weighted by molar-refractivity contribution is 0.282. The van der Waals surface area contributed by atoms with Gasteiger partial charge in [0.05, 0.1) is 52.2 Å². The molecule has 0 fully saturated rings. The largest absolute Gasteiger partial charge is 0.505 e. The second-order valence-electron chi connectivity index (χ2n) is 13.1. The Morgan fingerprint density at radius 2 is 1.07 bits per heavy atom. The number of rotatable bonds is 19. The molecule has 0 bridgehead atoms. The lowest BCUT2D eigenvalue weighted by Gasteiger charge is -2.15. The Kier molecular flexibility index (Phi) is 14.9. The Morgan fingerprint density at radius 1 is 0.537 bits per heavy atom. The fourth-order valence-electron chi connectivity index (χ4n) is 5.96. The van der Waals surface area contributed by atoms with Crippen molar-refractivity contribution in [2.75, 3.05) is 44.2 Å². The SMILES string of the molecule is CNc1ccc2c(OC)c(N=Nc3ccc4cc(S(=O)(=O)O)cc(S(=O)(=O)CCOS(=O)(=O)O)c4c3O)c(S(=O)(=O)O)cc2c1N=Nc1ccc(S(=O)(=O)CCOS(=O)(=O)O)cc1S(=O)(=O)O. The van der Waals surface area contributed by atoms with Crippen molar-refractivity contribution < 1.29 is 99.9 Å². The molecule has 0 saturated heterocycles. The molecular weight excluding hydrogens is 1050 g/mol. The van der Waals surface area contributed by atoms with Gasteiger partial charge in [0, 0.05) is 23.2 Å². The molecule has 0 aromatic heterocycles. The zero-order valence-corrected chi connectivity index (χ0v) is 39.1. The third kappa shape index (κ3) is 12.4. The summed E-state index contributed by atoms with van der Waals surface area (Å²) < 4.78 is 232. The molecule has 0 atom stereocenters. The van der Waals surface area contributed by atoms with E-state index < -0.39 is 154 Å². The van der Waals surface area contributed by atoms with Crippen molar-refractivity contribution in [1.29, 1.82) is 0 Å². The average Bonchev–Trinajstić information content (AvgIpc) is 3.19. The lowest BCUT2D eigenvalue weighted by atomic mass is 10.0. The van der Waals surface area contributed by atoms with Gasteiger partial charge in [-0.15, -0.1) is 20.5 Å². The number of ether oxygens (including phenoxy) is 1. The van der Waals surface area contributed by atoms with Gasteiger partial charge in [-0.1, -0.05) is 6.07 Å². The molecule has 5 aromatic rings. The van der Waals surface area contributed by atoms with E-state index in [1.165, 1.54) is 19.2 Å². The minimum Gasteiger partial charge on any atom is -0.505 e. The molecule has 0 heterocycles. The molecule has 364 valence electrons. The second-order valence-corrected chi connectivity index (χ2v) is 23.7. The van der Waals surface area contributed by atoms with Crippen molar-refractivity contribution in [2.45, 2.75) is 24.5 Å². The van der Waals surface area contributed by atoms with Crippen LogP contribution in [0.15, 0.2) is 106 Å². The van der Waals surface area contributed by atoms with Crippen molar-refractivity contribution in [3.63, 3.8) is 0 Å². The third-order valence-corrected chi connectivity index (χ3v) is 15.7. The summed E-state index contributed by atoms with van der Waals surface area (Å²) in [4.78, 5) is -5.00. The summed E-state index contributed by atoms with van der Waals surface area (Å²) in [7, 11) is -33.0. The van der Waals surface area contributed by atoms with E-state index in [0.717, 1.165) is 43.5 Å². The molecule has 0 amide bonds. The van der Waals surface area contributed by atoms with E-state index in [9.17, 15) is 77.7 Å². The van der Waals surface area contributed by atoms with Gasteiger partial charge in [-0.05, 0) is 60.0 Å². The summed E-state index contributed by atoms with van der Waals surface area (Å²) in [6, 6.07) is 8.54. The normalized spacial score (nSPS) is 13.5. The number of phenolic OH excluding ortho intramolecular Hbond substituents is 1. The number of sulfone groups is 2. The van der Waals surface area contributed by atoms with E-state index in [1.807, 2.05) is 0 Å². The number of nitrogens with one attached hydrogen (secondary N) is 1. The maximum atomic E-state index is 13.4. The highest BCUT2D eigenvalue weighted by molar-refractivity contribution is 7.92. The van der Waals surface area contributed by atoms with Crippen LogP contribution in [0.3, 0.4) is 0 Å². The molecule has 0 radical (unpaired) electrons. The van der Waals surface area contributed by atoms with Crippen LogP contribution in [0.1, 0.15) is 0 Å².